The molecule has 150 valence electrons. The van der Waals surface area contributed by atoms with Crippen LogP contribution in [0.3, 0.4) is 0 Å². The van der Waals surface area contributed by atoms with E-state index in [0.29, 0.717) is 5.92 Å². The van der Waals surface area contributed by atoms with Gasteiger partial charge in [0.05, 0.1) is 0 Å². The first-order chi connectivity index (χ1) is 14.6. The molecule has 3 atom stereocenters. The molecule has 3 unspecified atom stereocenters. The van der Waals surface area contributed by atoms with Crippen molar-refractivity contribution in [3.63, 3.8) is 0 Å². The van der Waals surface area contributed by atoms with Crippen LogP contribution in [0, 0.1) is 18.8 Å². The molecule has 0 saturated heterocycles. The molecule has 6 rings (SSSR count). The Hall–Kier alpha value is -2.80. The van der Waals surface area contributed by atoms with E-state index >= 15 is 0 Å². The van der Waals surface area contributed by atoms with Crippen molar-refractivity contribution in [2.75, 3.05) is 5.32 Å². The average Bonchev–Trinajstić information content (AvgIpc) is 3.03. The largest absolute Gasteiger partial charge is 0.355 e. The highest BCUT2D eigenvalue weighted by Gasteiger charge is 2.50. The van der Waals surface area contributed by atoms with E-state index < -0.39 is 0 Å². The van der Waals surface area contributed by atoms with Gasteiger partial charge in [0.15, 0.2) is 0 Å². The van der Waals surface area contributed by atoms with Crippen LogP contribution in [0.25, 0.3) is 11.1 Å². The van der Waals surface area contributed by atoms with Crippen molar-refractivity contribution in [1.29, 1.82) is 0 Å². The van der Waals surface area contributed by atoms with E-state index in [1.54, 1.807) is 5.57 Å². The number of fused-ring (bicyclic) bond motifs is 8. The molecule has 1 heteroatoms. The predicted octanol–water partition coefficient (Wildman–Crippen LogP) is 7.77. The Balaban J connectivity index is 1.59. The lowest BCUT2D eigenvalue weighted by atomic mass is 9.58. The second kappa shape index (κ2) is 6.60. The van der Waals surface area contributed by atoms with Gasteiger partial charge in [-0.25, -0.2) is 0 Å². The van der Waals surface area contributed by atoms with Crippen LogP contribution in [0.1, 0.15) is 49.3 Å². The third-order valence-corrected chi connectivity index (χ3v) is 7.64. The number of allylic oxidation sites excluding steroid dienone is 2. The number of rotatable bonds is 2. The number of anilines is 2. The molecule has 2 bridgehead atoms. The van der Waals surface area contributed by atoms with Crippen molar-refractivity contribution in [1.82, 2.24) is 0 Å². The molecule has 1 saturated carbocycles. The molecule has 3 aliphatic rings. The normalized spacial score (nSPS) is 26.1. The van der Waals surface area contributed by atoms with Crippen LogP contribution >= 0.6 is 0 Å². The van der Waals surface area contributed by atoms with E-state index in [2.05, 4.69) is 92.0 Å². The van der Waals surface area contributed by atoms with Gasteiger partial charge < -0.3 is 5.32 Å². The van der Waals surface area contributed by atoms with Crippen LogP contribution in [0.4, 0.5) is 11.4 Å². The monoisotopic (exact) mass is 391 g/mol. The zero-order valence-corrected chi connectivity index (χ0v) is 17.9. The van der Waals surface area contributed by atoms with E-state index in [1.807, 2.05) is 0 Å². The summed E-state index contributed by atoms with van der Waals surface area (Å²) in [6.07, 6.45) is 7.79. The molecular weight excluding hydrogens is 362 g/mol. The zero-order chi connectivity index (χ0) is 20.3. The van der Waals surface area contributed by atoms with Crippen LogP contribution in [0.2, 0.25) is 0 Å². The Labute approximate surface area is 179 Å². The molecule has 1 N–H and O–H groups in total. The van der Waals surface area contributed by atoms with E-state index in [4.69, 9.17) is 0 Å². The molecule has 0 amide bonds. The fourth-order valence-corrected chi connectivity index (χ4v) is 6.55. The lowest BCUT2D eigenvalue weighted by Gasteiger charge is -2.46. The Kier molecular flexibility index (Phi) is 3.96. The van der Waals surface area contributed by atoms with Crippen molar-refractivity contribution >= 4 is 11.4 Å². The first kappa shape index (κ1) is 18.0. The molecule has 3 aromatic carbocycles. The second-order valence-electron chi connectivity index (χ2n) is 9.69. The summed E-state index contributed by atoms with van der Waals surface area (Å²) in [6.45, 7) is 4.57. The molecule has 1 spiro atoms. The van der Waals surface area contributed by atoms with Gasteiger partial charge in [0.2, 0.25) is 0 Å². The van der Waals surface area contributed by atoms with E-state index in [9.17, 15) is 0 Å². The van der Waals surface area contributed by atoms with Crippen LogP contribution in [0.15, 0.2) is 78.4 Å². The second-order valence-corrected chi connectivity index (χ2v) is 9.69. The fourth-order valence-electron chi connectivity index (χ4n) is 6.55. The van der Waals surface area contributed by atoms with Crippen LogP contribution < -0.4 is 5.32 Å². The summed E-state index contributed by atoms with van der Waals surface area (Å²) in [5.41, 5.74) is 11.3. The summed E-state index contributed by atoms with van der Waals surface area (Å²) in [5, 5.41) is 3.81. The first-order valence-corrected chi connectivity index (χ1v) is 11.4. The van der Waals surface area contributed by atoms with Crippen LogP contribution in [-0.4, -0.2) is 0 Å². The minimum Gasteiger partial charge on any atom is -0.355 e. The van der Waals surface area contributed by atoms with Gasteiger partial charge in [-0.3, -0.25) is 0 Å². The molecular formula is C29H29N. The summed E-state index contributed by atoms with van der Waals surface area (Å²) < 4.78 is 0. The zero-order valence-electron chi connectivity index (χ0n) is 17.9. The predicted molar refractivity (Wildman–Crippen MR) is 126 cm³/mol. The molecule has 0 radical (unpaired) electrons. The van der Waals surface area contributed by atoms with Gasteiger partial charge >= 0.3 is 0 Å². The van der Waals surface area contributed by atoms with Crippen molar-refractivity contribution in [2.45, 2.75) is 44.9 Å². The van der Waals surface area contributed by atoms with Gasteiger partial charge in [-0.05, 0) is 90.5 Å². The van der Waals surface area contributed by atoms with Crippen LogP contribution in [0.5, 0.6) is 0 Å². The third kappa shape index (κ3) is 2.54. The number of aryl methyl sites for hydroxylation is 1. The maximum atomic E-state index is 3.81. The molecule has 0 aromatic heterocycles. The number of hydrogen-bond donors (Lipinski definition) is 1. The van der Waals surface area contributed by atoms with Gasteiger partial charge in [-0.1, -0.05) is 67.1 Å². The Morgan fingerprint density at radius 2 is 1.77 bits per heavy atom. The molecule has 0 heterocycles. The fraction of sp³-hybridized carbons (Fsp3) is 0.310. The number of hydrogen-bond acceptors (Lipinski definition) is 1. The quantitative estimate of drug-likeness (QED) is 0.440. The van der Waals surface area contributed by atoms with Gasteiger partial charge in [0.1, 0.15) is 0 Å². The Bertz CT molecular complexity index is 1170. The molecule has 0 aliphatic heterocycles. The first-order valence-electron chi connectivity index (χ1n) is 11.4. The highest BCUT2D eigenvalue weighted by Crippen LogP contribution is 2.62. The lowest BCUT2D eigenvalue weighted by Crippen LogP contribution is -2.37. The minimum absolute atomic E-state index is 0.0323. The molecule has 1 nitrogen and oxygen atoms in total. The summed E-state index contributed by atoms with van der Waals surface area (Å²) >= 11 is 0. The van der Waals surface area contributed by atoms with E-state index in [1.165, 1.54) is 64.9 Å². The maximum Gasteiger partial charge on any atom is 0.0444 e. The van der Waals surface area contributed by atoms with Crippen molar-refractivity contribution in [2.24, 2.45) is 11.8 Å². The Morgan fingerprint density at radius 3 is 2.67 bits per heavy atom. The lowest BCUT2D eigenvalue weighted by molar-refractivity contribution is 0.285. The third-order valence-electron chi connectivity index (χ3n) is 7.64. The summed E-state index contributed by atoms with van der Waals surface area (Å²) in [7, 11) is 0. The van der Waals surface area contributed by atoms with Gasteiger partial charge in [-0.15, -0.1) is 0 Å². The average molecular weight is 392 g/mol. The molecule has 3 aliphatic carbocycles. The van der Waals surface area contributed by atoms with Crippen molar-refractivity contribution in [3.8, 4) is 11.1 Å². The summed E-state index contributed by atoms with van der Waals surface area (Å²) in [4.78, 5) is 0. The highest BCUT2D eigenvalue weighted by atomic mass is 14.9. The van der Waals surface area contributed by atoms with Crippen molar-refractivity contribution in [3.05, 3.63) is 95.1 Å². The molecule has 30 heavy (non-hydrogen) atoms. The number of nitrogens with one attached hydrogen (secondary N) is 1. The summed E-state index contributed by atoms with van der Waals surface area (Å²) in [6, 6.07) is 24.7. The standard InChI is InChI=1S/C29H29N/c1-19-7-5-8-23(17-19)30-27-12-6-10-25-24-9-3-4-11-26(24)29(28(25)27)14-13-21-15-20(2)16-22(29)18-21/h3-12,16-17,20-21,30H,13-15,18H2,1-2H3. The highest BCUT2D eigenvalue weighted by molar-refractivity contribution is 5.89. The summed E-state index contributed by atoms with van der Waals surface area (Å²) in [5.74, 6) is 1.54. The van der Waals surface area contributed by atoms with Gasteiger partial charge in [0.25, 0.3) is 0 Å². The van der Waals surface area contributed by atoms with Crippen molar-refractivity contribution < 1.29 is 0 Å². The van der Waals surface area contributed by atoms with E-state index in [0.717, 1.165) is 5.92 Å². The van der Waals surface area contributed by atoms with Crippen LogP contribution in [-0.2, 0) is 5.41 Å². The number of benzene rings is 3. The Morgan fingerprint density at radius 1 is 0.933 bits per heavy atom. The maximum absolute atomic E-state index is 3.81. The topological polar surface area (TPSA) is 12.0 Å². The SMILES string of the molecule is Cc1cccc(Nc2cccc3c2C2(CCC4CC2=CC(C)C4)c2ccccc2-3)c1. The van der Waals surface area contributed by atoms with Gasteiger partial charge in [0, 0.05) is 16.8 Å². The smallest absolute Gasteiger partial charge is 0.0444 e. The van der Waals surface area contributed by atoms with E-state index in [-0.39, 0.29) is 5.41 Å². The van der Waals surface area contributed by atoms with Gasteiger partial charge in [-0.2, -0.15) is 0 Å². The minimum atomic E-state index is 0.0323. The molecule has 3 aromatic rings. The molecule has 1 fully saturated rings.